The quantitative estimate of drug-likeness (QED) is 0.362. The first kappa shape index (κ1) is 6.03. The third-order valence-electron chi connectivity index (χ3n) is 1.07. The van der Waals surface area contributed by atoms with Gasteiger partial charge in [-0.15, -0.1) is 0 Å². The van der Waals surface area contributed by atoms with Gasteiger partial charge in [0, 0.05) is 6.42 Å². The summed E-state index contributed by atoms with van der Waals surface area (Å²) < 4.78 is 4.78. The minimum Gasteiger partial charge on any atom is -0.461 e. The lowest BCUT2D eigenvalue weighted by Gasteiger charge is -1.94. The van der Waals surface area contributed by atoms with E-state index in [9.17, 15) is 4.79 Å². The van der Waals surface area contributed by atoms with Crippen molar-refractivity contribution in [3.05, 3.63) is 0 Å². The highest BCUT2D eigenvalue weighted by molar-refractivity contribution is 7.37. The molecule has 0 aromatic rings. The summed E-state index contributed by atoms with van der Waals surface area (Å²) in [6.45, 7) is 0. The van der Waals surface area contributed by atoms with Crippen LogP contribution < -0.4 is 0 Å². The van der Waals surface area contributed by atoms with Gasteiger partial charge in [-0.3, -0.25) is 4.79 Å². The van der Waals surface area contributed by atoms with E-state index in [1.807, 2.05) is 0 Å². The molecule has 0 amide bonds. The van der Waals surface area contributed by atoms with E-state index in [1.54, 1.807) is 0 Å². The Hall–Kier alpha value is -0.100. The first-order valence-corrected chi connectivity index (χ1v) is 4.17. The fraction of sp³-hybridized carbons (Fsp3) is 0.800. The van der Waals surface area contributed by atoms with Crippen LogP contribution in [0.5, 0.6) is 0 Å². The zero-order chi connectivity index (χ0) is 5.82. The first-order valence-electron chi connectivity index (χ1n) is 2.76. The lowest BCUT2D eigenvalue weighted by molar-refractivity contribution is -0.141. The smallest absolute Gasteiger partial charge is 0.306 e. The number of carbonyl (C=O) groups is 1. The van der Waals surface area contributed by atoms with Gasteiger partial charge in [0.05, 0.1) is 0 Å². The summed E-state index contributed by atoms with van der Waals surface area (Å²) in [6.07, 6.45) is 3.49. The van der Waals surface area contributed by atoms with E-state index in [0.717, 1.165) is 15.0 Å². The lowest BCUT2D eigenvalue weighted by Crippen LogP contribution is -1.98. The molecule has 0 aliphatic carbocycles. The molecule has 46 valence electrons. The number of rotatable bonds is 0. The van der Waals surface area contributed by atoms with Crippen LogP contribution in [-0.4, -0.2) is 18.5 Å². The second kappa shape index (κ2) is 3.03. The molecule has 0 aromatic carbocycles. The van der Waals surface area contributed by atoms with Crippen molar-refractivity contribution >= 4 is 14.6 Å². The van der Waals surface area contributed by atoms with Crippen LogP contribution in [0, 0.1) is 0 Å². The molecule has 0 aromatic heterocycles. The maximum Gasteiger partial charge on any atom is 0.306 e. The molecule has 1 fully saturated rings. The maximum absolute atomic E-state index is 10.5. The van der Waals surface area contributed by atoms with Crippen LogP contribution in [0.1, 0.15) is 12.8 Å². The number of cyclic esters (lactones) is 1. The Morgan fingerprint density at radius 2 is 2.50 bits per heavy atom. The average Bonchev–Trinajstić information content (AvgIpc) is 1.94. The Labute approximate surface area is 50.4 Å². The highest BCUT2D eigenvalue weighted by Gasteiger charge is 2.05. The molecule has 0 bridgehead atoms. The average molecular weight is 132 g/mol. The Kier molecular flexibility index (Phi) is 2.28. The van der Waals surface area contributed by atoms with E-state index in [0.29, 0.717) is 12.8 Å². The van der Waals surface area contributed by atoms with Gasteiger partial charge in [-0.2, -0.15) is 0 Å². The second-order valence-electron chi connectivity index (χ2n) is 1.76. The van der Waals surface area contributed by atoms with Gasteiger partial charge < -0.3 is 4.74 Å². The van der Waals surface area contributed by atoms with Crippen LogP contribution >= 0.6 is 8.58 Å². The van der Waals surface area contributed by atoms with E-state index in [4.69, 9.17) is 4.74 Å². The van der Waals surface area contributed by atoms with Crippen LogP contribution in [0.25, 0.3) is 0 Å². The van der Waals surface area contributed by atoms with Gasteiger partial charge in [0.2, 0.25) is 0 Å². The van der Waals surface area contributed by atoms with E-state index in [2.05, 4.69) is 0 Å². The Morgan fingerprint density at radius 1 is 1.62 bits per heavy atom. The molecule has 0 radical (unpaired) electrons. The Bertz CT molecular complexity index is 82.4. The van der Waals surface area contributed by atoms with Crippen molar-refractivity contribution in [2.75, 3.05) is 12.5 Å². The van der Waals surface area contributed by atoms with Crippen molar-refractivity contribution in [2.24, 2.45) is 0 Å². The summed E-state index contributed by atoms with van der Waals surface area (Å²) in [5.41, 5.74) is 0. The van der Waals surface area contributed by atoms with Crippen molar-refractivity contribution in [1.29, 1.82) is 0 Å². The topological polar surface area (TPSA) is 26.3 Å². The van der Waals surface area contributed by atoms with Crippen LogP contribution in [0.3, 0.4) is 0 Å². The molecular weight excluding hydrogens is 123 g/mol. The van der Waals surface area contributed by atoms with Crippen molar-refractivity contribution in [2.45, 2.75) is 12.8 Å². The third kappa shape index (κ3) is 1.79. The zero-order valence-corrected chi connectivity index (χ0v) is 5.64. The second-order valence-corrected chi connectivity index (χ2v) is 3.05. The fourth-order valence-electron chi connectivity index (χ4n) is 0.634. The van der Waals surface area contributed by atoms with Gasteiger partial charge in [0.15, 0.2) is 0 Å². The molecular formula is C5H9O2P. The third-order valence-corrected chi connectivity index (χ3v) is 2.13. The molecule has 0 spiro atoms. The number of esters is 1. The molecule has 0 N–H and O–H groups in total. The van der Waals surface area contributed by atoms with E-state index in [1.165, 1.54) is 6.16 Å². The molecule has 1 rings (SSSR count). The van der Waals surface area contributed by atoms with E-state index in [-0.39, 0.29) is 5.97 Å². The largest absolute Gasteiger partial charge is 0.461 e. The molecule has 2 nitrogen and oxygen atoms in total. The zero-order valence-electron chi connectivity index (χ0n) is 4.64. The molecule has 0 saturated carbocycles. The highest BCUT2D eigenvalue weighted by atomic mass is 31.1. The monoisotopic (exact) mass is 132 g/mol. The summed E-state index contributed by atoms with van der Waals surface area (Å²) >= 11 is 0. The number of ether oxygens (including phenoxy) is 1. The Balaban J connectivity index is 2.27. The molecule has 1 heterocycles. The van der Waals surface area contributed by atoms with Gasteiger partial charge in [0.1, 0.15) is 6.35 Å². The Morgan fingerprint density at radius 3 is 3.38 bits per heavy atom. The van der Waals surface area contributed by atoms with Crippen molar-refractivity contribution < 1.29 is 9.53 Å². The minimum atomic E-state index is -0.0185. The van der Waals surface area contributed by atoms with Crippen LogP contribution in [0.4, 0.5) is 0 Å². The maximum atomic E-state index is 10.5. The first-order chi connectivity index (χ1) is 3.89. The van der Waals surface area contributed by atoms with Gasteiger partial charge in [-0.05, 0) is 12.6 Å². The molecule has 1 atom stereocenters. The van der Waals surface area contributed by atoms with Crippen molar-refractivity contribution in [3.63, 3.8) is 0 Å². The van der Waals surface area contributed by atoms with E-state index < -0.39 is 0 Å². The lowest BCUT2D eigenvalue weighted by atomic mass is 10.3. The molecule has 1 aliphatic rings. The summed E-state index contributed by atoms with van der Waals surface area (Å²) in [7, 11) is 0.838. The normalized spacial score (nSPS) is 24.8. The van der Waals surface area contributed by atoms with Crippen molar-refractivity contribution in [3.8, 4) is 0 Å². The summed E-state index contributed by atoms with van der Waals surface area (Å²) in [5.74, 6) is -0.0185. The summed E-state index contributed by atoms with van der Waals surface area (Å²) in [5, 5.41) is 0. The highest BCUT2D eigenvalue weighted by Crippen LogP contribution is 2.16. The van der Waals surface area contributed by atoms with Crippen molar-refractivity contribution in [1.82, 2.24) is 0 Å². The predicted molar refractivity (Wildman–Crippen MR) is 33.4 cm³/mol. The molecule has 1 aliphatic heterocycles. The SMILES string of the molecule is O=C1CCCPCO1. The van der Waals surface area contributed by atoms with Gasteiger partial charge in [-0.25, -0.2) is 0 Å². The molecule has 1 saturated heterocycles. The van der Waals surface area contributed by atoms with Gasteiger partial charge in [0.25, 0.3) is 0 Å². The number of hydrogen-bond donors (Lipinski definition) is 0. The standard InChI is InChI=1S/C5H9O2P/c6-5-2-1-3-8-4-7-5/h8H,1-4H2. The summed E-state index contributed by atoms with van der Waals surface area (Å²) in [4.78, 5) is 10.5. The van der Waals surface area contributed by atoms with E-state index >= 15 is 0 Å². The van der Waals surface area contributed by atoms with Gasteiger partial charge in [-0.1, -0.05) is 8.58 Å². The number of carbonyl (C=O) groups excluding carboxylic acids is 1. The fourth-order valence-corrected chi connectivity index (χ4v) is 1.47. The van der Waals surface area contributed by atoms with Gasteiger partial charge >= 0.3 is 5.97 Å². The molecule has 1 unspecified atom stereocenters. The van der Waals surface area contributed by atoms with Crippen LogP contribution in [0.15, 0.2) is 0 Å². The van der Waals surface area contributed by atoms with Crippen LogP contribution in [-0.2, 0) is 9.53 Å². The summed E-state index contributed by atoms with van der Waals surface area (Å²) in [6, 6.07) is 0. The minimum absolute atomic E-state index is 0.0185. The molecule has 3 heteroatoms. The number of hydrogen-bond acceptors (Lipinski definition) is 2. The predicted octanol–water partition coefficient (Wildman–Crippen LogP) is 0.959. The van der Waals surface area contributed by atoms with Crippen LogP contribution in [0.2, 0.25) is 0 Å². The molecule has 8 heavy (non-hydrogen) atoms.